The molecule has 5 nitrogen and oxygen atoms in total. The number of morpholine rings is 1. The lowest BCUT2D eigenvalue weighted by Gasteiger charge is -2.38. The monoisotopic (exact) mass is 400 g/mol. The number of aromatic nitrogens is 3. The first-order valence-corrected chi connectivity index (χ1v) is 11.0. The lowest BCUT2D eigenvalue weighted by atomic mass is 9.81. The van der Waals surface area contributed by atoms with Gasteiger partial charge in [-0.3, -0.25) is 8.87 Å². The van der Waals surface area contributed by atoms with Crippen LogP contribution in [0.5, 0.6) is 0 Å². The number of fused-ring (bicyclic) bond motifs is 1. The molecule has 0 aromatic carbocycles. The molecule has 2 aliphatic rings. The number of hydrogen-bond donors (Lipinski definition) is 1. The SMILES string of the molecule is Sn1cc(-c2nccs2)c2cc(C3CCC(N4CCOCC4)CC3)cnc21. The minimum atomic E-state index is 0.603. The molecule has 1 aliphatic heterocycles. The molecule has 0 unspecified atom stereocenters. The molecule has 0 bridgehead atoms. The van der Waals surface area contributed by atoms with Gasteiger partial charge < -0.3 is 4.74 Å². The topological polar surface area (TPSA) is 43.2 Å². The van der Waals surface area contributed by atoms with Gasteiger partial charge in [0.25, 0.3) is 0 Å². The van der Waals surface area contributed by atoms with Crippen LogP contribution < -0.4 is 0 Å². The average molecular weight is 401 g/mol. The lowest BCUT2D eigenvalue weighted by Crippen LogP contribution is -2.44. The maximum Gasteiger partial charge on any atom is 0.150 e. The quantitative estimate of drug-likeness (QED) is 0.669. The molecule has 0 radical (unpaired) electrons. The van der Waals surface area contributed by atoms with Crippen LogP contribution in [-0.2, 0) is 4.74 Å². The number of ether oxygens (including phenoxy) is 1. The van der Waals surface area contributed by atoms with Crippen LogP contribution in [0.15, 0.2) is 30.0 Å². The molecule has 4 heterocycles. The Hall–Kier alpha value is -1.41. The highest BCUT2D eigenvalue weighted by Gasteiger charge is 2.28. The zero-order chi connectivity index (χ0) is 18.2. The van der Waals surface area contributed by atoms with Crippen molar-refractivity contribution in [1.29, 1.82) is 0 Å². The first-order valence-electron chi connectivity index (χ1n) is 9.71. The fourth-order valence-corrected chi connectivity index (χ4v) is 5.51. The summed E-state index contributed by atoms with van der Waals surface area (Å²) in [6.45, 7) is 3.96. The normalized spacial score (nSPS) is 24.5. The first kappa shape index (κ1) is 17.7. The Labute approximate surface area is 168 Å². The minimum Gasteiger partial charge on any atom is -0.379 e. The standard InChI is InChI=1S/C20H24N4OS2/c26-24-13-18(20-21-5-10-27-20)17-11-15(12-22-19(17)24)14-1-3-16(4-2-14)23-6-8-25-9-7-23/h5,10-14,16,26H,1-4,6-9H2. The van der Waals surface area contributed by atoms with Crippen molar-refractivity contribution in [3.63, 3.8) is 0 Å². The third-order valence-corrected chi connectivity index (χ3v) is 7.15. The van der Waals surface area contributed by atoms with Crippen LogP contribution in [0, 0.1) is 0 Å². The zero-order valence-corrected chi connectivity index (χ0v) is 17.0. The Morgan fingerprint density at radius 1 is 1.11 bits per heavy atom. The van der Waals surface area contributed by atoms with Gasteiger partial charge in [-0.05, 0) is 43.2 Å². The van der Waals surface area contributed by atoms with E-state index in [9.17, 15) is 0 Å². The Morgan fingerprint density at radius 3 is 2.67 bits per heavy atom. The Kier molecular flexibility index (Phi) is 4.94. The van der Waals surface area contributed by atoms with Crippen LogP contribution in [0.25, 0.3) is 21.6 Å². The van der Waals surface area contributed by atoms with Gasteiger partial charge in [0, 0.05) is 54.1 Å². The molecule has 1 aliphatic carbocycles. The summed E-state index contributed by atoms with van der Waals surface area (Å²) in [5.74, 6) is 0.603. The molecule has 7 heteroatoms. The molecule has 2 fully saturated rings. The van der Waals surface area contributed by atoms with Gasteiger partial charge in [0.15, 0.2) is 0 Å². The number of pyridine rings is 1. The van der Waals surface area contributed by atoms with Crippen LogP contribution in [0.4, 0.5) is 0 Å². The lowest BCUT2D eigenvalue weighted by molar-refractivity contribution is 0.00729. The largest absolute Gasteiger partial charge is 0.379 e. The summed E-state index contributed by atoms with van der Waals surface area (Å²) in [4.78, 5) is 11.8. The van der Waals surface area contributed by atoms with E-state index in [0.717, 1.165) is 53.9 Å². The molecule has 0 spiro atoms. The summed E-state index contributed by atoms with van der Waals surface area (Å²) < 4.78 is 7.31. The van der Waals surface area contributed by atoms with Gasteiger partial charge in [0.2, 0.25) is 0 Å². The van der Waals surface area contributed by atoms with Crippen molar-refractivity contribution in [2.75, 3.05) is 26.3 Å². The van der Waals surface area contributed by atoms with Crippen LogP contribution in [-0.4, -0.2) is 51.2 Å². The van der Waals surface area contributed by atoms with E-state index in [-0.39, 0.29) is 0 Å². The molecular formula is C20H24N4OS2. The van der Waals surface area contributed by atoms with Gasteiger partial charge >= 0.3 is 0 Å². The van der Waals surface area contributed by atoms with Crippen LogP contribution in [0.3, 0.4) is 0 Å². The third-order valence-electron chi connectivity index (χ3n) is 6.04. The Morgan fingerprint density at radius 2 is 1.93 bits per heavy atom. The van der Waals surface area contributed by atoms with E-state index in [4.69, 9.17) is 9.72 Å². The maximum atomic E-state index is 5.50. The molecule has 3 aromatic rings. The fraction of sp³-hybridized carbons (Fsp3) is 0.500. The second-order valence-electron chi connectivity index (χ2n) is 7.52. The number of hydrogen-bond acceptors (Lipinski definition) is 6. The predicted octanol–water partition coefficient (Wildman–Crippen LogP) is 4.21. The number of rotatable bonds is 3. The molecule has 5 rings (SSSR count). The third kappa shape index (κ3) is 3.42. The van der Waals surface area contributed by atoms with Crippen molar-refractivity contribution in [2.24, 2.45) is 0 Å². The van der Waals surface area contributed by atoms with E-state index in [1.54, 1.807) is 11.3 Å². The molecule has 142 valence electrons. The highest BCUT2D eigenvalue weighted by Crippen LogP contribution is 2.38. The summed E-state index contributed by atoms with van der Waals surface area (Å²) in [6, 6.07) is 3.05. The summed E-state index contributed by atoms with van der Waals surface area (Å²) in [6.07, 6.45) is 11.0. The first-order chi connectivity index (χ1) is 13.3. The van der Waals surface area contributed by atoms with Gasteiger partial charge in [0.1, 0.15) is 10.7 Å². The van der Waals surface area contributed by atoms with Gasteiger partial charge in [-0.15, -0.1) is 11.3 Å². The molecule has 1 saturated carbocycles. The van der Waals surface area contributed by atoms with E-state index in [0.29, 0.717) is 5.92 Å². The summed E-state index contributed by atoms with van der Waals surface area (Å²) in [5.41, 5.74) is 3.40. The summed E-state index contributed by atoms with van der Waals surface area (Å²) in [5, 5.41) is 4.21. The molecule has 0 N–H and O–H groups in total. The Balaban J connectivity index is 1.37. The molecule has 0 atom stereocenters. The van der Waals surface area contributed by atoms with E-state index in [1.165, 1.54) is 31.2 Å². The highest BCUT2D eigenvalue weighted by atomic mass is 32.1. The van der Waals surface area contributed by atoms with Crippen molar-refractivity contribution in [3.05, 3.63) is 35.6 Å². The highest BCUT2D eigenvalue weighted by molar-refractivity contribution is 7.78. The molecular weight excluding hydrogens is 376 g/mol. The van der Waals surface area contributed by atoms with Crippen molar-refractivity contribution in [3.8, 4) is 10.6 Å². The molecule has 3 aromatic heterocycles. The minimum absolute atomic E-state index is 0.603. The number of thiol groups is 1. The maximum absolute atomic E-state index is 5.50. The van der Waals surface area contributed by atoms with Crippen molar-refractivity contribution < 1.29 is 4.74 Å². The van der Waals surface area contributed by atoms with E-state index in [1.807, 2.05) is 21.7 Å². The number of nitrogens with zero attached hydrogens (tertiary/aromatic N) is 4. The van der Waals surface area contributed by atoms with Crippen LogP contribution in [0.2, 0.25) is 0 Å². The Bertz CT molecular complexity index is 910. The molecule has 0 amide bonds. The second-order valence-corrected chi connectivity index (χ2v) is 8.84. The van der Waals surface area contributed by atoms with Crippen LogP contribution >= 0.6 is 24.2 Å². The number of thiazole rings is 1. The van der Waals surface area contributed by atoms with E-state index < -0.39 is 0 Å². The van der Waals surface area contributed by atoms with Gasteiger partial charge in [-0.25, -0.2) is 9.97 Å². The predicted molar refractivity (Wildman–Crippen MR) is 113 cm³/mol. The van der Waals surface area contributed by atoms with E-state index >= 15 is 0 Å². The molecule has 27 heavy (non-hydrogen) atoms. The zero-order valence-electron chi connectivity index (χ0n) is 15.3. The van der Waals surface area contributed by atoms with E-state index in [2.05, 4.69) is 35.0 Å². The molecule has 1 saturated heterocycles. The summed E-state index contributed by atoms with van der Waals surface area (Å²) >= 11 is 6.21. The smallest absolute Gasteiger partial charge is 0.150 e. The van der Waals surface area contributed by atoms with Gasteiger partial charge in [-0.2, -0.15) is 0 Å². The van der Waals surface area contributed by atoms with Crippen LogP contribution in [0.1, 0.15) is 37.2 Å². The summed E-state index contributed by atoms with van der Waals surface area (Å²) in [7, 11) is 0. The van der Waals surface area contributed by atoms with Gasteiger partial charge in [-0.1, -0.05) is 12.8 Å². The van der Waals surface area contributed by atoms with Crippen molar-refractivity contribution in [1.82, 2.24) is 18.8 Å². The van der Waals surface area contributed by atoms with Gasteiger partial charge in [0.05, 0.1) is 13.2 Å². The van der Waals surface area contributed by atoms with Crippen molar-refractivity contribution >= 4 is 35.2 Å². The van der Waals surface area contributed by atoms with Crippen molar-refractivity contribution in [2.45, 2.75) is 37.6 Å². The second kappa shape index (κ2) is 7.54. The average Bonchev–Trinajstić information content (AvgIpc) is 3.37. The fourth-order valence-electron chi connectivity index (χ4n) is 4.57.